The molecule has 3 rings (SSSR count). The molecule has 134 valence electrons. The van der Waals surface area contributed by atoms with Crippen molar-refractivity contribution in [3.05, 3.63) is 54.6 Å². The van der Waals surface area contributed by atoms with E-state index in [1.807, 2.05) is 0 Å². The molecule has 2 aromatic rings. The van der Waals surface area contributed by atoms with Crippen LogP contribution in [-0.4, -0.2) is 31.1 Å². The molecule has 0 spiro atoms. The van der Waals surface area contributed by atoms with Crippen LogP contribution in [0.3, 0.4) is 0 Å². The second kappa shape index (κ2) is 9.62. The Kier molecular flexibility index (Phi) is 6.93. The minimum atomic E-state index is 0.671. The Labute approximate surface area is 152 Å². The highest BCUT2D eigenvalue weighted by Gasteiger charge is 2.20. The van der Waals surface area contributed by atoms with E-state index in [9.17, 15) is 0 Å². The van der Waals surface area contributed by atoms with E-state index in [2.05, 4.69) is 66.4 Å². The molecule has 1 heterocycles. The number of unbranched alkanes of at least 4 members (excludes halogenated alkanes) is 2. The molecule has 1 unspecified atom stereocenters. The molecule has 0 radical (unpaired) electrons. The molecular weight excluding hydrogens is 306 g/mol. The van der Waals surface area contributed by atoms with E-state index in [-0.39, 0.29) is 0 Å². The molecule has 0 aromatic heterocycles. The second-order valence-electron chi connectivity index (χ2n) is 7.22. The standard InChI is InChI=1S/C23H31NO/c1-2-3-7-16-24-17-8-9-20(18-24)19-25-23-14-12-22(13-15-23)21-10-5-4-6-11-21/h4-6,10-15,20H,2-3,7-9,16-19H2,1H3. The van der Waals surface area contributed by atoms with Gasteiger partial charge in [0.05, 0.1) is 6.61 Å². The molecule has 1 atom stereocenters. The van der Waals surface area contributed by atoms with Gasteiger partial charge in [0.25, 0.3) is 0 Å². The Hall–Kier alpha value is -1.80. The molecule has 1 aliphatic rings. The lowest BCUT2D eigenvalue weighted by Gasteiger charge is -2.32. The lowest BCUT2D eigenvalue weighted by atomic mass is 9.98. The number of nitrogens with zero attached hydrogens (tertiary/aromatic N) is 1. The summed E-state index contributed by atoms with van der Waals surface area (Å²) in [6.07, 6.45) is 6.61. The summed E-state index contributed by atoms with van der Waals surface area (Å²) in [6, 6.07) is 19.0. The van der Waals surface area contributed by atoms with E-state index in [4.69, 9.17) is 4.74 Å². The highest BCUT2D eigenvalue weighted by atomic mass is 16.5. The van der Waals surface area contributed by atoms with Gasteiger partial charge in [0.1, 0.15) is 5.75 Å². The number of hydrogen-bond acceptors (Lipinski definition) is 2. The van der Waals surface area contributed by atoms with Crippen molar-refractivity contribution in [1.82, 2.24) is 4.90 Å². The summed E-state index contributed by atoms with van der Waals surface area (Å²) >= 11 is 0. The largest absolute Gasteiger partial charge is 0.493 e. The normalized spacial score (nSPS) is 18.2. The number of rotatable bonds is 8. The van der Waals surface area contributed by atoms with Crippen LogP contribution in [0.4, 0.5) is 0 Å². The molecule has 0 amide bonds. The van der Waals surface area contributed by atoms with E-state index in [0.717, 1.165) is 12.4 Å². The summed E-state index contributed by atoms with van der Waals surface area (Å²) in [4.78, 5) is 2.63. The zero-order valence-electron chi connectivity index (χ0n) is 15.5. The average molecular weight is 338 g/mol. The van der Waals surface area contributed by atoms with Crippen molar-refractivity contribution in [2.24, 2.45) is 5.92 Å². The highest BCUT2D eigenvalue weighted by Crippen LogP contribution is 2.23. The van der Waals surface area contributed by atoms with Gasteiger partial charge in [0.15, 0.2) is 0 Å². The first-order chi connectivity index (χ1) is 12.3. The lowest BCUT2D eigenvalue weighted by molar-refractivity contribution is 0.128. The van der Waals surface area contributed by atoms with Crippen molar-refractivity contribution in [3.63, 3.8) is 0 Å². The molecule has 25 heavy (non-hydrogen) atoms. The molecule has 1 fully saturated rings. The van der Waals surface area contributed by atoms with Crippen LogP contribution in [-0.2, 0) is 0 Å². The van der Waals surface area contributed by atoms with E-state index in [1.54, 1.807) is 0 Å². The first kappa shape index (κ1) is 18.0. The molecule has 1 aliphatic heterocycles. The SMILES string of the molecule is CCCCCN1CCCC(COc2ccc(-c3ccccc3)cc2)C1. The Bertz CT molecular complexity index is 608. The first-order valence-corrected chi connectivity index (χ1v) is 9.86. The average Bonchev–Trinajstić information content (AvgIpc) is 2.68. The van der Waals surface area contributed by atoms with Gasteiger partial charge in [-0.3, -0.25) is 0 Å². The fourth-order valence-corrected chi connectivity index (χ4v) is 3.66. The summed E-state index contributed by atoms with van der Waals surface area (Å²) in [5.74, 6) is 1.66. The molecule has 0 N–H and O–H groups in total. The summed E-state index contributed by atoms with van der Waals surface area (Å²) in [7, 11) is 0. The van der Waals surface area contributed by atoms with Crippen molar-refractivity contribution in [1.29, 1.82) is 0 Å². The Morgan fingerprint density at radius 2 is 1.72 bits per heavy atom. The summed E-state index contributed by atoms with van der Waals surface area (Å²) in [6.45, 7) is 6.85. The van der Waals surface area contributed by atoms with Crippen LogP contribution < -0.4 is 4.74 Å². The smallest absolute Gasteiger partial charge is 0.119 e. The monoisotopic (exact) mass is 337 g/mol. The molecule has 0 bridgehead atoms. The number of benzene rings is 2. The first-order valence-electron chi connectivity index (χ1n) is 9.86. The van der Waals surface area contributed by atoms with Crippen LogP contribution >= 0.6 is 0 Å². The molecule has 1 saturated heterocycles. The van der Waals surface area contributed by atoms with Crippen LogP contribution in [0, 0.1) is 5.92 Å². The van der Waals surface area contributed by atoms with Gasteiger partial charge >= 0.3 is 0 Å². The van der Waals surface area contributed by atoms with Crippen molar-refractivity contribution < 1.29 is 4.74 Å². The van der Waals surface area contributed by atoms with Crippen molar-refractivity contribution in [2.75, 3.05) is 26.2 Å². The molecule has 0 aliphatic carbocycles. The molecule has 2 nitrogen and oxygen atoms in total. The fraction of sp³-hybridized carbons (Fsp3) is 0.478. The van der Waals surface area contributed by atoms with E-state index >= 15 is 0 Å². The Morgan fingerprint density at radius 1 is 0.960 bits per heavy atom. The number of likely N-dealkylation sites (tertiary alicyclic amines) is 1. The van der Waals surface area contributed by atoms with E-state index in [1.165, 1.54) is 62.9 Å². The number of ether oxygens (including phenoxy) is 1. The van der Waals surface area contributed by atoms with Crippen LogP contribution in [0.15, 0.2) is 54.6 Å². The van der Waals surface area contributed by atoms with Gasteiger partial charge in [0, 0.05) is 12.5 Å². The summed E-state index contributed by atoms with van der Waals surface area (Å²) < 4.78 is 6.08. The summed E-state index contributed by atoms with van der Waals surface area (Å²) in [5.41, 5.74) is 2.50. The lowest BCUT2D eigenvalue weighted by Crippen LogP contribution is -2.38. The predicted molar refractivity (Wildman–Crippen MR) is 106 cm³/mol. The third-order valence-electron chi connectivity index (χ3n) is 5.13. The number of hydrogen-bond donors (Lipinski definition) is 0. The second-order valence-corrected chi connectivity index (χ2v) is 7.22. The van der Waals surface area contributed by atoms with Gasteiger partial charge in [-0.05, 0) is 55.6 Å². The van der Waals surface area contributed by atoms with Gasteiger partial charge < -0.3 is 9.64 Å². The zero-order valence-corrected chi connectivity index (χ0v) is 15.5. The van der Waals surface area contributed by atoms with Gasteiger partial charge in [-0.1, -0.05) is 62.2 Å². The maximum atomic E-state index is 6.08. The topological polar surface area (TPSA) is 12.5 Å². The molecular formula is C23H31NO. The maximum absolute atomic E-state index is 6.08. The molecule has 2 heteroatoms. The molecule has 2 aromatic carbocycles. The third kappa shape index (κ3) is 5.61. The van der Waals surface area contributed by atoms with Crippen LogP contribution in [0.1, 0.15) is 39.0 Å². The van der Waals surface area contributed by atoms with E-state index in [0.29, 0.717) is 5.92 Å². The minimum absolute atomic E-state index is 0.671. The van der Waals surface area contributed by atoms with Gasteiger partial charge in [-0.2, -0.15) is 0 Å². The maximum Gasteiger partial charge on any atom is 0.119 e. The molecule has 0 saturated carbocycles. The summed E-state index contributed by atoms with van der Waals surface area (Å²) in [5, 5.41) is 0. The third-order valence-corrected chi connectivity index (χ3v) is 5.13. The number of piperidine rings is 1. The zero-order chi connectivity index (χ0) is 17.3. The van der Waals surface area contributed by atoms with E-state index < -0.39 is 0 Å². The van der Waals surface area contributed by atoms with Gasteiger partial charge in [-0.25, -0.2) is 0 Å². The van der Waals surface area contributed by atoms with Gasteiger partial charge in [-0.15, -0.1) is 0 Å². The van der Waals surface area contributed by atoms with Crippen LogP contribution in [0.2, 0.25) is 0 Å². The van der Waals surface area contributed by atoms with Crippen molar-refractivity contribution in [3.8, 4) is 16.9 Å². The van der Waals surface area contributed by atoms with Crippen LogP contribution in [0.5, 0.6) is 5.75 Å². The quantitative estimate of drug-likeness (QED) is 0.578. The van der Waals surface area contributed by atoms with Crippen molar-refractivity contribution in [2.45, 2.75) is 39.0 Å². The Balaban J connectivity index is 1.46. The van der Waals surface area contributed by atoms with Gasteiger partial charge in [0.2, 0.25) is 0 Å². The Morgan fingerprint density at radius 3 is 2.48 bits per heavy atom. The van der Waals surface area contributed by atoms with Crippen LogP contribution in [0.25, 0.3) is 11.1 Å². The fourth-order valence-electron chi connectivity index (χ4n) is 3.66. The van der Waals surface area contributed by atoms with Crippen molar-refractivity contribution >= 4 is 0 Å². The highest BCUT2D eigenvalue weighted by molar-refractivity contribution is 5.63. The predicted octanol–water partition coefficient (Wildman–Crippen LogP) is 5.63. The minimum Gasteiger partial charge on any atom is -0.493 e.